The second-order valence-electron chi connectivity index (χ2n) is 5.84. The molecule has 4 nitrogen and oxygen atoms in total. The number of halogens is 1. The molecule has 1 aliphatic carbocycles. The normalized spacial score (nSPS) is 17.3. The minimum absolute atomic E-state index is 0.00790. The Morgan fingerprint density at radius 2 is 2.10 bits per heavy atom. The fraction of sp³-hybridized carbons (Fsp3) is 0.562. The molecule has 0 spiro atoms. The number of hydrogen-bond donors (Lipinski definition) is 2. The molecule has 1 aromatic rings. The highest BCUT2D eigenvalue weighted by Crippen LogP contribution is 2.38. The predicted octanol–water partition coefficient (Wildman–Crippen LogP) is 3.70. The van der Waals surface area contributed by atoms with Crippen molar-refractivity contribution in [1.29, 1.82) is 0 Å². The van der Waals surface area contributed by atoms with Crippen molar-refractivity contribution < 1.29 is 9.53 Å². The average Bonchev–Trinajstić information content (AvgIpc) is 2.48. The molecule has 0 bridgehead atoms. The maximum Gasteiger partial charge on any atom is 0.224 e. The first kappa shape index (κ1) is 16.3. The van der Waals surface area contributed by atoms with Crippen LogP contribution in [-0.2, 0) is 4.79 Å². The van der Waals surface area contributed by atoms with Gasteiger partial charge in [-0.3, -0.25) is 4.79 Å². The molecule has 3 N–H and O–H groups in total. The van der Waals surface area contributed by atoms with Crippen molar-refractivity contribution in [3.8, 4) is 5.75 Å². The molecule has 0 aliphatic heterocycles. The van der Waals surface area contributed by atoms with E-state index >= 15 is 0 Å². The fourth-order valence-electron chi connectivity index (χ4n) is 3.04. The van der Waals surface area contributed by atoms with Gasteiger partial charge in [0, 0.05) is 12.1 Å². The van der Waals surface area contributed by atoms with Crippen LogP contribution >= 0.6 is 15.9 Å². The predicted molar refractivity (Wildman–Crippen MR) is 88.5 cm³/mol. The van der Waals surface area contributed by atoms with Crippen molar-refractivity contribution in [1.82, 2.24) is 0 Å². The number of ether oxygens (including phenoxy) is 1. The fourth-order valence-corrected chi connectivity index (χ4v) is 3.59. The van der Waals surface area contributed by atoms with Crippen molar-refractivity contribution in [2.75, 3.05) is 19.0 Å². The van der Waals surface area contributed by atoms with Gasteiger partial charge >= 0.3 is 0 Å². The minimum Gasteiger partial charge on any atom is -0.496 e. The molecule has 0 heterocycles. The SMILES string of the molecule is COc1ccc(NC(=O)CC2(CN)CCCCC2)cc1Br. The zero-order chi connectivity index (χ0) is 15.3. The summed E-state index contributed by atoms with van der Waals surface area (Å²) in [7, 11) is 1.62. The van der Waals surface area contributed by atoms with Crippen molar-refractivity contribution in [2.24, 2.45) is 11.1 Å². The number of nitrogens with two attached hydrogens (primary N) is 1. The molecule has 2 rings (SSSR count). The highest BCUT2D eigenvalue weighted by Gasteiger charge is 2.32. The van der Waals surface area contributed by atoms with E-state index in [-0.39, 0.29) is 11.3 Å². The number of hydrogen-bond acceptors (Lipinski definition) is 3. The summed E-state index contributed by atoms with van der Waals surface area (Å²) in [5, 5.41) is 2.96. The van der Waals surface area contributed by atoms with Crippen LogP contribution in [0.4, 0.5) is 5.69 Å². The summed E-state index contributed by atoms with van der Waals surface area (Å²) in [4.78, 5) is 12.3. The molecule has 1 amide bonds. The van der Waals surface area contributed by atoms with E-state index in [4.69, 9.17) is 10.5 Å². The monoisotopic (exact) mass is 354 g/mol. The smallest absolute Gasteiger partial charge is 0.224 e. The van der Waals surface area contributed by atoms with Crippen LogP contribution in [0.15, 0.2) is 22.7 Å². The highest BCUT2D eigenvalue weighted by atomic mass is 79.9. The molecule has 21 heavy (non-hydrogen) atoms. The Kier molecular flexibility index (Phi) is 5.65. The van der Waals surface area contributed by atoms with Gasteiger partial charge in [0.25, 0.3) is 0 Å². The van der Waals surface area contributed by atoms with Gasteiger partial charge in [-0.15, -0.1) is 0 Å². The van der Waals surface area contributed by atoms with E-state index in [0.29, 0.717) is 13.0 Å². The average molecular weight is 355 g/mol. The molecule has 0 atom stereocenters. The van der Waals surface area contributed by atoms with Gasteiger partial charge in [-0.1, -0.05) is 19.3 Å². The van der Waals surface area contributed by atoms with Crippen molar-refractivity contribution in [3.63, 3.8) is 0 Å². The van der Waals surface area contributed by atoms with Gasteiger partial charge in [0.15, 0.2) is 0 Å². The van der Waals surface area contributed by atoms with Gasteiger partial charge in [-0.05, 0) is 58.9 Å². The summed E-state index contributed by atoms with van der Waals surface area (Å²) in [5.41, 5.74) is 6.70. The maximum absolute atomic E-state index is 12.3. The molecule has 116 valence electrons. The zero-order valence-corrected chi connectivity index (χ0v) is 14.0. The van der Waals surface area contributed by atoms with E-state index in [1.807, 2.05) is 18.2 Å². The first-order chi connectivity index (χ1) is 10.1. The van der Waals surface area contributed by atoms with E-state index in [1.54, 1.807) is 7.11 Å². The van der Waals surface area contributed by atoms with Crippen LogP contribution in [0.2, 0.25) is 0 Å². The van der Waals surface area contributed by atoms with Gasteiger partial charge in [0.05, 0.1) is 11.6 Å². The maximum atomic E-state index is 12.3. The topological polar surface area (TPSA) is 64.3 Å². The summed E-state index contributed by atoms with van der Waals surface area (Å²) in [6.45, 7) is 0.590. The van der Waals surface area contributed by atoms with Gasteiger partial charge in [-0.2, -0.15) is 0 Å². The largest absolute Gasteiger partial charge is 0.496 e. The van der Waals surface area contributed by atoms with Crippen LogP contribution < -0.4 is 15.8 Å². The summed E-state index contributed by atoms with van der Waals surface area (Å²) in [6, 6.07) is 5.53. The van der Waals surface area contributed by atoms with E-state index in [9.17, 15) is 4.79 Å². The van der Waals surface area contributed by atoms with E-state index in [1.165, 1.54) is 19.3 Å². The molecule has 1 saturated carbocycles. The highest BCUT2D eigenvalue weighted by molar-refractivity contribution is 9.10. The van der Waals surface area contributed by atoms with Crippen molar-refractivity contribution in [3.05, 3.63) is 22.7 Å². The molecule has 1 aromatic carbocycles. The third-order valence-electron chi connectivity index (χ3n) is 4.32. The number of methoxy groups -OCH3 is 1. The van der Waals surface area contributed by atoms with Crippen LogP contribution in [0.3, 0.4) is 0 Å². The van der Waals surface area contributed by atoms with E-state index < -0.39 is 0 Å². The van der Waals surface area contributed by atoms with Gasteiger partial charge < -0.3 is 15.8 Å². The van der Waals surface area contributed by atoms with Crippen LogP contribution in [0, 0.1) is 5.41 Å². The molecular formula is C16H23BrN2O2. The number of nitrogens with one attached hydrogen (secondary N) is 1. The molecular weight excluding hydrogens is 332 g/mol. The van der Waals surface area contributed by atoms with Gasteiger partial charge in [-0.25, -0.2) is 0 Å². The first-order valence-corrected chi connectivity index (χ1v) is 8.21. The van der Waals surface area contributed by atoms with Crippen LogP contribution in [0.1, 0.15) is 38.5 Å². The van der Waals surface area contributed by atoms with Crippen LogP contribution in [0.25, 0.3) is 0 Å². The summed E-state index contributed by atoms with van der Waals surface area (Å²) >= 11 is 3.42. The quantitative estimate of drug-likeness (QED) is 0.847. The number of rotatable bonds is 5. The number of benzene rings is 1. The molecule has 1 aliphatic rings. The Labute approximate surface area is 134 Å². The second kappa shape index (κ2) is 7.27. The zero-order valence-electron chi connectivity index (χ0n) is 12.5. The first-order valence-electron chi connectivity index (χ1n) is 7.42. The lowest BCUT2D eigenvalue weighted by atomic mass is 9.71. The van der Waals surface area contributed by atoms with E-state index in [0.717, 1.165) is 28.8 Å². The number of carbonyl (C=O) groups excluding carboxylic acids is 1. The molecule has 0 saturated heterocycles. The molecule has 5 heteroatoms. The number of anilines is 1. The number of amides is 1. The Morgan fingerprint density at radius 3 is 2.67 bits per heavy atom. The second-order valence-corrected chi connectivity index (χ2v) is 6.69. The standard InChI is InChI=1S/C16H23BrN2O2/c1-21-14-6-5-12(9-13(14)17)19-15(20)10-16(11-18)7-3-2-4-8-16/h5-6,9H,2-4,7-8,10-11,18H2,1H3,(H,19,20). The third kappa shape index (κ3) is 4.20. The molecule has 0 radical (unpaired) electrons. The summed E-state index contributed by atoms with van der Waals surface area (Å²) in [6.07, 6.45) is 6.24. The summed E-state index contributed by atoms with van der Waals surface area (Å²) in [5.74, 6) is 0.790. The van der Waals surface area contributed by atoms with Crippen molar-refractivity contribution >= 4 is 27.5 Å². The summed E-state index contributed by atoms with van der Waals surface area (Å²) < 4.78 is 6.01. The molecule has 0 aromatic heterocycles. The van der Waals surface area contributed by atoms with Crippen molar-refractivity contribution in [2.45, 2.75) is 38.5 Å². The Balaban J connectivity index is 1.99. The Morgan fingerprint density at radius 1 is 1.38 bits per heavy atom. The number of carbonyl (C=O) groups is 1. The Bertz CT molecular complexity index is 499. The van der Waals surface area contributed by atoms with Gasteiger partial charge in [0.1, 0.15) is 5.75 Å². The molecule has 0 unspecified atom stereocenters. The Hall–Kier alpha value is -1.07. The van der Waals surface area contributed by atoms with Crippen LogP contribution in [0.5, 0.6) is 5.75 Å². The lowest BCUT2D eigenvalue weighted by Crippen LogP contribution is -2.36. The minimum atomic E-state index is -0.00790. The van der Waals surface area contributed by atoms with Crippen LogP contribution in [-0.4, -0.2) is 19.6 Å². The lowest BCUT2D eigenvalue weighted by Gasteiger charge is -2.35. The van der Waals surface area contributed by atoms with E-state index in [2.05, 4.69) is 21.2 Å². The lowest BCUT2D eigenvalue weighted by molar-refractivity contribution is -0.118. The molecule has 1 fully saturated rings. The third-order valence-corrected chi connectivity index (χ3v) is 4.94. The van der Waals surface area contributed by atoms with Gasteiger partial charge in [0.2, 0.25) is 5.91 Å².